The highest BCUT2D eigenvalue weighted by Gasteiger charge is 1.90. The molecule has 1 heterocycles. The highest BCUT2D eigenvalue weighted by atomic mass is 35.5. The first-order valence-electron chi connectivity index (χ1n) is 2.29. The lowest BCUT2D eigenvalue weighted by Gasteiger charge is -1.97. The third-order valence-electron chi connectivity index (χ3n) is 0.887. The van der Waals surface area contributed by atoms with Crippen LogP contribution in [0.3, 0.4) is 0 Å². The third kappa shape index (κ3) is 1.38. The van der Waals surface area contributed by atoms with Crippen LogP contribution in [-0.2, 0) is 0 Å². The van der Waals surface area contributed by atoms with Gasteiger partial charge in [0, 0.05) is 12.3 Å². The standard InChI is InChI=1S/C4H6N4O.ClH/c5-3-1-2-7-4(6)8(3)9;/h1-2,6,9H,5H2;1H. The van der Waals surface area contributed by atoms with Crippen molar-refractivity contribution in [3.8, 4) is 0 Å². The zero-order chi connectivity index (χ0) is 6.85. The summed E-state index contributed by atoms with van der Waals surface area (Å²) in [6.45, 7) is 0. The number of halogens is 1. The number of nitrogens with zero attached hydrogens (tertiary/aromatic N) is 2. The van der Waals surface area contributed by atoms with Crippen LogP contribution in [0.15, 0.2) is 12.3 Å². The number of nitrogens with one attached hydrogen (secondary N) is 1. The van der Waals surface area contributed by atoms with Crippen LogP contribution in [0.1, 0.15) is 0 Å². The van der Waals surface area contributed by atoms with Gasteiger partial charge in [-0.1, -0.05) is 0 Å². The van der Waals surface area contributed by atoms with Crippen LogP contribution in [0, 0.1) is 5.41 Å². The van der Waals surface area contributed by atoms with Crippen molar-refractivity contribution in [1.82, 2.24) is 9.71 Å². The Hall–Kier alpha value is -1.23. The van der Waals surface area contributed by atoms with E-state index in [9.17, 15) is 0 Å². The van der Waals surface area contributed by atoms with Gasteiger partial charge in [-0.05, 0) is 0 Å². The van der Waals surface area contributed by atoms with E-state index in [1.807, 2.05) is 0 Å². The number of anilines is 1. The zero-order valence-corrected chi connectivity index (χ0v) is 5.80. The van der Waals surface area contributed by atoms with Crippen molar-refractivity contribution in [2.75, 3.05) is 5.73 Å². The summed E-state index contributed by atoms with van der Waals surface area (Å²) in [4.78, 5) is 3.44. The lowest BCUT2D eigenvalue weighted by Crippen LogP contribution is -2.22. The molecule has 0 saturated carbocycles. The third-order valence-corrected chi connectivity index (χ3v) is 0.887. The van der Waals surface area contributed by atoms with E-state index in [-0.39, 0.29) is 23.8 Å². The van der Waals surface area contributed by atoms with E-state index < -0.39 is 0 Å². The van der Waals surface area contributed by atoms with Crippen LogP contribution in [-0.4, -0.2) is 14.9 Å². The summed E-state index contributed by atoms with van der Waals surface area (Å²) in [6.07, 6.45) is 1.35. The molecule has 1 rings (SSSR count). The van der Waals surface area contributed by atoms with Crippen molar-refractivity contribution in [3.05, 3.63) is 17.9 Å². The Morgan fingerprint density at radius 2 is 2.30 bits per heavy atom. The van der Waals surface area contributed by atoms with Gasteiger partial charge in [-0.25, -0.2) is 4.98 Å². The number of nitrogens with two attached hydrogens (primary N) is 1. The molecular formula is C4H7ClN4O. The van der Waals surface area contributed by atoms with Gasteiger partial charge in [-0.3, -0.25) is 5.41 Å². The molecule has 10 heavy (non-hydrogen) atoms. The first-order valence-corrected chi connectivity index (χ1v) is 2.29. The lowest BCUT2D eigenvalue weighted by atomic mass is 10.6. The Labute approximate surface area is 63.0 Å². The van der Waals surface area contributed by atoms with Crippen LogP contribution in [0.2, 0.25) is 0 Å². The minimum atomic E-state index is -0.269. The normalized spacial score (nSPS) is 8.40. The van der Waals surface area contributed by atoms with E-state index in [1.165, 1.54) is 12.3 Å². The average molecular weight is 163 g/mol. The summed E-state index contributed by atoms with van der Waals surface area (Å²) in [5.74, 6) is 0.106. The molecule has 6 heteroatoms. The van der Waals surface area contributed by atoms with Gasteiger partial charge in [-0.2, -0.15) is 0 Å². The SMILES string of the molecule is Cl.N=c1nccc(N)n1O. The summed E-state index contributed by atoms with van der Waals surface area (Å²) in [6, 6.07) is 1.40. The van der Waals surface area contributed by atoms with Crippen molar-refractivity contribution in [2.24, 2.45) is 0 Å². The van der Waals surface area contributed by atoms with E-state index in [4.69, 9.17) is 16.4 Å². The van der Waals surface area contributed by atoms with Gasteiger partial charge in [0.2, 0.25) is 0 Å². The summed E-state index contributed by atoms with van der Waals surface area (Å²) < 4.78 is 0.500. The minimum absolute atomic E-state index is 0. The lowest BCUT2D eigenvalue weighted by molar-refractivity contribution is 0.171. The molecule has 5 nitrogen and oxygen atoms in total. The predicted molar refractivity (Wildman–Crippen MR) is 36.9 cm³/mol. The molecule has 0 fully saturated rings. The predicted octanol–water partition coefficient (Wildman–Crippen LogP) is -0.396. The van der Waals surface area contributed by atoms with Gasteiger partial charge >= 0.3 is 0 Å². The molecule has 1 aromatic heterocycles. The smallest absolute Gasteiger partial charge is 0.257 e. The van der Waals surface area contributed by atoms with E-state index in [0.29, 0.717) is 4.73 Å². The maximum absolute atomic E-state index is 8.75. The molecule has 4 N–H and O–H groups in total. The highest BCUT2D eigenvalue weighted by Crippen LogP contribution is 1.88. The molecule has 0 atom stereocenters. The molecule has 0 aromatic carbocycles. The topological polar surface area (TPSA) is 87.9 Å². The van der Waals surface area contributed by atoms with Gasteiger partial charge in [0.25, 0.3) is 5.62 Å². The fourth-order valence-corrected chi connectivity index (χ4v) is 0.432. The van der Waals surface area contributed by atoms with Crippen LogP contribution in [0.4, 0.5) is 5.82 Å². The molecule has 0 amide bonds. The van der Waals surface area contributed by atoms with Crippen LogP contribution >= 0.6 is 12.4 Å². The number of hydrogen-bond donors (Lipinski definition) is 3. The molecule has 0 aliphatic rings. The Morgan fingerprint density at radius 1 is 1.70 bits per heavy atom. The van der Waals surface area contributed by atoms with Crippen molar-refractivity contribution in [2.45, 2.75) is 0 Å². The molecule has 0 radical (unpaired) electrons. The van der Waals surface area contributed by atoms with Crippen LogP contribution in [0.25, 0.3) is 0 Å². The van der Waals surface area contributed by atoms with Crippen molar-refractivity contribution < 1.29 is 5.21 Å². The quantitative estimate of drug-likeness (QED) is 0.454. The van der Waals surface area contributed by atoms with Crippen molar-refractivity contribution in [3.63, 3.8) is 0 Å². The van der Waals surface area contributed by atoms with Crippen molar-refractivity contribution in [1.29, 1.82) is 5.41 Å². The monoisotopic (exact) mass is 162 g/mol. The fraction of sp³-hybridized carbons (Fsp3) is 0. The maximum atomic E-state index is 8.75. The summed E-state index contributed by atoms with van der Waals surface area (Å²) in [7, 11) is 0. The Bertz CT molecular complexity index is 270. The molecule has 56 valence electrons. The van der Waals surface area contributed by atoms with Gasteiger partial charge < -0.3 is 10.9 Å². The maximum Gasteiger partial charge on any atom is 0.257 e. The zero-order valence-electron chi connectivity index (χ0n) is 4.98. The fourth-order valence-electron chi connectivity index (χ4n) is 0.432. The number of rotatable bonds is 0. The minimum Gasteiger partial charge on any atom is -0.423 e. The van der Waals surface area contributed by atoms with E-state index in [1.54, 1.807) is 0 Å². The largest absolute Gasteiger partial charge is 0.423 e. The molecule has 0 spiro atoms. The van der Waals surface area contributed by atoms with E-state index in [2.05, 4.69) is 4.98 Å². The Kier molecular flexibility index (Phi) is 2.69. The number of hydrogen-bond acceptors (Lipinski definition) is 4. The van der Waals surface area contributed by atoms with Crippen LogP contribution in [0.5, 0.6) is 0 Å². The van der Waals surface area contributed by atoms with Crippen molar-refractivity contribution >= 4 is 18.2 Å². The molecular weight excluding hydrogens is 156 g/mol. The van der Waals surface area contributed by atoms with E-state index in [0.717, 1.165) is 0 Å². The molecule has 1 aromatic rings. The van der Waals surface area contributed by atoms with Gasteiger partial charge in [0.05, 0.1) is 0 Å². The van der Waals surface area contributed by atoms with E-state index >= 15 is 0 Å². The van der Waals surface area contributed by atoms with Gasteiger partial charge in [0.15, 0.2) is 0 Å². The summed E-state index contributed by atoms with van der Waals surface area (Å²) >= 11 is 0. The number of aromatic nitrogens is 2. The Balaban J connectivity index is 0.000000810. The molecule has 0 unspecified atom stereocenters. The second kappa shape index (κ2) is 3.07. The highest BCUT2D eigenvalue weighted by molar-refractivity contribution is 5.85. The Morgan fingerprint density at radius 3 is 2.70 bits per heavy atom. The average Bonchev–Trinajstić information content (AvgIpc) is 1.83. The second-order valence-corrected chi connectivity index (χ2v) is 1.51. The van der Waals surface area contributed by atoms with Crippen LogP contribution < -0.4 is 11.4 Å². The molecule has 0 saturated heterocycles. The summed E-state index contributed by atoms with van der Waals surface area (Å²) in [5, 5.41) is 15.6. The number of nitrogen functional groups attached to an aromatic ring is 1. The van der Waals surface area contributed by atoms with Gasteiger partial charge in [-0.15, -0.1) is 17.1 Å². The molecule has 0 bridgehead atoms. The van der Waals surface area contributed by atoms with Gasteiger partial charge in [0.1, 0.15) is 5.82 Å². The first kappa shape index (κ1) is 8.77. The molecule has 0 aliphatic carbocycles. The molecule has 0 aliphatic heterocycles. The second-order valence-electron chi connectivity index (χ2n) is 1.51. The first-order chi connectivity index (χ1) is 4.22. The summed E-state index contributed by atoms with van der Waals surface area (Å²) in [5.41, 5.74) is 4.91.